The fourth-order valence-electron chi connectivity index (χ4n) is 2.05. The van der Waals surface area contributed by atoms with Crippen molar-refractivity contribution in [1.82, 2.24) is 5.32 Å². The zero-order valence-corrected chi connectivity index (χ0v) is 9.25. The van der Waals surface area contributed by atoms with Crippen molar-refractivity contribution in [3.63, 3.8) is 0 Å². The number of piperidine rings is 1. The van der Waals surface area contributed by atoms with E-state index in [-0.39, 0.29) is 5.82 Å². The van der Waals surface area contributed by atoms with Crippen molar-refractivity contribution in [2.45, 2.75) is 24.9 Å². The highest BCUT2D eigenvalue weighted by Crippen LogP contribution is 2.23. The molecular weight excluding hydrogens is 205 g/mol. The van der Waals surface area contributed by atoms with Crippen molar-refractivity contribution in [3.8, 4) is 0 Å². The van der Waals surface area contributed by atoms with Gasteiger partial charge in [0.25, 0.3) is 0 Å². The predicted octanol–water partition coefficient (Wildman–Crippen LogP) is 1.69. The quantitative estimate of drug-likeness (QED) is 0.815. The minimum absolute atomic E-state index is 0.181. The maximum Gasteiger partial charge on any atom is 0.126 e. The molecule has 1 unspecified atom stereocenters. The topological polar surface area (TPSA) is 32.3 Å². The molecular formula is C13H17FNO. The summed E-state index contributed by atoms with van der Waals surface area (Å²) in [5, 5.41) is 13.4. The maximum atomic E-state index is 13.4. The molecule has 1 heterocycles. The summed E-state index contributed by atoms with van der Waals surface area (Å²) in [4.78, 5) is 0. The van der Waals surface area contributed by atoms with E-state index in [1.165, 1.54) is 6.07 Å². The van der Waals surface area contributed by atoms with E-state index >= 15 is 0 Å². The minimum atomic E-state index is -0.729. The molecule has 87 valence electrons. The lowest BCUT2D eigenvalue weighted by Crippen LogP contribution is -2.42. The Kier molecular flexibility index (Phi) is 3.56. The van der Waals surface area contributed by atoms with E-state index in [0.29, 0.717) is 24.8 Å². The third-order valence-corrected chi connectivity index (χ3v) is 3.15. The number of nitrogens with one attached hydrogen (secondary N) is 1. The lowest BCUT2D eigenvalue weighted by Gasteiger charge is -2.32. The van der Waals surface area contributed by atoms with Crippen molar-refractivity contribution < 1.29 is 9.50 Å². The van der Waals surface area contributed by atoms with Crippen LogP contribution in [0.25, 0.3) is 0 Å². The number of aryl methyl sites for hydroxylation is 1. The normalized spacial score (nSPS) is 19.6. The van der Waals surface area contributed by atoms with Crippen molar-refractivity contribution in [2.75, 3.05) is 13.1 Å². The molecule has 1 aromatic carbocycles. The summed E-state index contributed by atoms with van der Waals surface area (Å²) in [5.74, 6) is -0.181. The van der Waals surface area contributed by atoms with Crippen LogP contribution in [0.2, 0.25) is 0 Å². The largest absolute Gasteiger partial charge is 0.389 e. The Labute approximate surface area is 95.5 Å². The van der Waals surface area contributed by atoms with Gasteiger partial charge in [0.1, 0.15) is 5.82 Å². The van der Waals surface area contributed by atoms with Crippen molar-refractivity contribution in [2.24, 2.45) is 0 Å². The first-order valence-corrected chi connectivity index (χ1v) is 5.70. The molecule has 0 spiro atoms. The maximum absolute atomic E-state index is 13.4. The Morgan fingerprint density at radius 3 is 2.88 bits per heavy atom. The van der Waals surface area contributed by atoms with Gasteiger partial charge < -0.3 is 10.4 Å². The van der Waals surface area contributed by atoms with Crippen LogP contribution in [-0.4, -0.2) is 23.8 Å². The van der Waals surface area contributed by atoms with Crippen LogP contribution in [0.3, 0.4) is 0 Å². The molecule has 2 N–H and O–H groups in total. The molecule has 0 amide bonds. The van der Waals surface area contributed by atoms with Crippen LogP contribution in [0.1, 0.15) is 18.4 Å². The molecule has 1 radical (unpaired) electrons. The molecule has 0 aromatic heterocycles. The van der Waals surface area contributed by atoms with Gasteiger partial charge in [0, 0.05) is 13.0 Å². The molecule has 1 fully saturated rings. The van der Waals surface area contributed by atoms with E-state index in [2.05, 4.69) is 5.32 Å². The van der Waals surface area contributed by atoms with Crippen LogP contribution in [-0.2, 0) is 6.42 Å². The highest BCUT2D eigenvalue weighted by atomic mass is 19.1. The molecule has 16 heavy (non-hydrogen) atoms. The van der Waals surface area contributed by atoms with Gasteiger partial charge in [0.15, 0.2) is 0 Å². The molecule has 2 nitrogen and oxygen atoms in total. The van der Waals surface area contributed by atoms with Crippen LogP contribution in [0.5, 0.6) is 0 Å². The number of hydrogen-bond donors (Lipinski definition) is 2. The van der Waals surface area contributed by atoms with E-state index in [4.69, 9.17) is 0 Å². The molecule has 1 saturated heterocycles. The van der Waals surface area contributed by atoms with Gasteiger partial charge in [-0.2, -0.15) is 0 Å². The standard InChI is InChI=1S/C13H17FNO/c14-12-4-2-1-3-11(12)5-6-13(16)7-9-15-10-8-13/h1-4,7,15-16H,5-6,8-10H2. The zero-order valence-electron chi connectivity index (χ0n) is 9.25. The first-order chi connectivity index (χ1) is 7.70. The number of rotatable bonds is 3. The highest BCUT2D eigenvalue weighted by Gasteiger charge is 2.28. The summed E-state index contributed by atoms with van der Waals surface area (Å²) in [7, 11) is 0. The molecule has 1 atom stereocenters. The van der Waals surface area contributed by atoms with Gasteiger partial charge >= 0.3 is 0 Å². The Morgan fingerprint density at radius 2 is 2.19 bits per heavy atom. The summed E-state index contributed by atoms with van der Waals surface area (Å²) in [6.07, 6.45) is 3.77. The van der Waals surface area contributed by atoms with Gasteiger partial charge in [-0.05, 0) is 37.4 Å². The van der Waals surface area contributed by atoms with Crippen molar-refractivity contribution in [3.05, 3.63) is 42.1 Å². The Morgan fingerprint density at radius 1 is 1.38 bits per heavy atom. The van der Waals surface area contributed by atoms with Crippen LogP contribution >= 0.6 is 0 Å². The molecule has 3 heteroatoms. The summed E-state index contributed by atoms with van der Waals surface area (Å²) in [6, 6.07) is 6.75. The van der Waals surface area contributed by atoms with Gasteiger partial charge in [0.2, 0.25) is 0 Å². The molecule has 1 aliphatic rings. The van der Waals surface area contributed by atoms with Crippen LogP contribution < -0.4 is 5.32 Å². The lowest BCUT2D eigenvalue weighted by molar-refractivity contribution is 0.0437. The second-order valence-corrected chi connectivity index (χ2v) is 4.35. The third kappa shape index (κ3) is 2.80. The number of hydrogen-bond acceptors (Lipinski definition) is 2. The fraction of sp³-hybridized carbons (Fsp3) is 0.462. The second kappa shape index (κ2) is 4.93. The number of benzene rings is 1. The first kappa shape index (κ1) is 11.6. The second-order valence-electron chi connectivity index (χ2n) is 4.35. The predicted molar refractivity (Wildman–Crippen MR) is 61.5 cm³/mol. The molecule has 2 rings (SSSR count). The highest BCUT2D eigenvalue weighted by molar-refractivity contribution is 5.18. The van der Waals surface area contributed by atoms with Crippen LogP contribution in [0.15, 0.2) is 24.3 Å². The molecule has 0 saturated carbocycles. The van der Waals surface area contributed by atoms with Gasteiger partial charge in [0.05, 0.1) is 5.60 Å². The summed E-state index contributed by atoms with van der Waals surface area (Å²) in [6.45, 7) is 1.55. The lowest BCUT2D eigenvalue weighted by atomic mass is 9.86. The summed E-state index contributed by atoms with van der Waals surface area (Å²) < 4.78 is 13.4. The van der Waals surface area contributed by atoms with Gasteiger partial charge in [-0.1, -0.05) is 18.2 Å². The average Bonchev–Trinajstić information content (AvgIpc) is 2.29. The van der Waals surface area contributed by atoms with E-state index < -0.39 is 5.60 Å². The average molecular weight is 222 g/mol. The van der Waals surface area contributed by atoms with E-state index in [1.54, 1.807) is 12.1 Å². The van der Waals surface area contributed by atoms with Crippen LogP contribution in [0, 0.1) is 12.2 Å². The number of aliphatic hydroxyl groups is 1. The van der Waals surface area contributed by atoms with Gasteiger partial charge in [-0.3, -0.25) is 0 Å². The third-order valence-electron chi connectivity index (χ3n) is 3.15. The first-order valence-electron chi connectivity index (χ1n) is 5.70. The molecule has 1 aromatic rings. The minimum Gasteiger partial charge on any atom is -0.389 e. The number of halogens is 1. The monoisotopic (exact) mass is 222 g/mol. The summed E-state index contributed by atoms with van der Waals surface area (Å²) in [5.41, 5.74) is -0.0454. The van der Waals surface area contributed by atoms with Crippen LogP contribution in [0.4, 0.5) is 4.39 Å². The Hall–Kier alpha value is -0.930. The smallest absolute Gasteiger partial charge is 0.126 e. The van der Waals surface area contributed by atoms with E-state index in [1.807, 2.05) is 12.5 Å². The zero-order chi connectivity index (χ0) is 11.4. The molecule has 0 bridgehead atoms. The fourth-order valence-corrected chi connectivity index (χ4v) is 2.05. The van der Waals surface area contributed by atoms with E-state index in [9.17, 15) is 9.50 Å². The van der Waals surface area contributed by atoms with Crippen molar-refractivity contribution in [1.29, 1.82) is 0 Å². The van der Waals surface area contributed by atoms with Gasteiger partial charge in [-0.15, -0.1) is 0 Å². The molecule has 1 aliphatic heterocycles. The SMILES string of the molecule is OC1(CCc2ccccc2F)[CH]CNCC1. The Balaban J connectivity index is 1.94. The van der Waals surface area contributed by atoms with Crippen molar-refractivity contribution >= 4 is 0 Å². The van der Waals surface area contributed by atoms with Gasteiger partial charge in [-0.25, -0.2) is 4.39 Å². The van der Waals surface area contributed by atoms with E-state index in [0.717, 1.165) is 13.1 Å². The Bertz CT molecular complexity index is 348. The summed E-state index contributed by atoms with van der Waals surface area (Å²) >= 11 is 0. The molecule has 0 aliphatic carbocycles.